The molecule has 0 aromatic heterocycles. The lowest BCUT2D eigenvalue weighted by atomic mass is 9.78. The first-order chi connectivity index (χ1) is 9.72. The number of rotatable bonds is 3. The Hall–Kier alpha value is -0.810. The zero-order valence-electron chi connectivity index (χ0n) is 13.6. The molecular weight excluding hydrogens is 268 g/mol. The highest BCUT2D eigenvalue weighted by Gasteiger charge is 2.44. The van der Waals surface area contributed by atoms with Crippen LogP contribution in [0.2, 0.25) is 0 Å². The molecule has 0 bridgehead atoms. The average Bonchev–Trinajstić information content (AvgIpc) is 2.74. The standard InChI is InChI=1S/C16H30N2O3/c1-14(2,3)21-13(19)18-15(6-4-5-7-15)12-16(20)8-10-17-11-9-16/h17,20H,4-12H2,1-3H3,(H,18,19). The second-order valence-electron chi connectivity index (χ2n) is 7.77. The summed E-state index contributed by atoms with van der Waals surface area (Å²) in [5, 5.41) is 17.2. The monoisotopic (exact) mass is 298 g/mol. The summed E-state index contributed by atoms with van der Waals surface area (Å²) in [4.78, 5) is 12.1. The van der Waals surface area contributed by atoms with Gasteiger partial charge in [-0.2, -0.15) is 0 Å². The zero-order chi connectivity index (χ0) is 15.6. The van der Waals surface area contributed by atoms with Gasteiger partial charge in [0.1, 0.15) is 5.60 Å². The molecular formula is C16H30N2O3. The van der Waals surface area contributed by atoms with Crippen molar-refractivity contribution >= 4 is 6.09 Å². The molecule has 21 heavy (non-hydrogen) atoms. The fourth-order valence-corrected chi connectivity index (χ4v) is 3.62. The van der Waals surface area contributed by atoms with Crippen molar-refractivity contribution in [2.75, 3.05) is 13.1 Å². The molecule has 1 aliphatic heterocycles. The van der Waals surface area contributed by atoms with Gasteiger partial charge in [-0.25, -0.2) is 4.79 Å². The van der Waals surface area contributed by atoms with Crippen LogP contribution in [0.15, 0.2) is 0 Å². The first-order valence-corrected chi connectivity index (χ1v) is 8.16. The fourth-order valence-electron chi connectivity index (χ4n) is 3.62. The van der Waals surface area contributed by atoms with Crippen molar-refractivity contribution in [2.45, 2.75) is 82.5 Å². The molecule has 5 heteroatoms. The number of carbonyl (C=O) groups excluding carboxylic acids is 1. The van der Waals surface area contributed by atoms with Crippen LogP contribution in [0.3, 0.4) is 0 Å². The Morgan fingerprint density at radius 1 is 1.19 bits per heavy atom. The van der Waals surface area contributed by atoms with E-state index in [9.17, 15) is 9.90 Å². The van der Waals surface area contributed by atoms with Gasteiger partial charge in [-0.3, -0.25) is 0 Å². The Morgan fingerprint density at radius 3 is 2.29 bits per heavy atom. The van der Waals surface area contributed by atoms with Crippen LogP contribution >= 0.6 is 0 Å². The van der Waals surface area contributed by atoms with Crippen LogP contribution < -0.4 is 10.6 Å². The first kappa shape index (κ1) is 16.6. The van der Waals surface area contributed by atoms with E-state index in [0.717, 1.165) is 51.6 Å². The van der Waals surface area contributed by atoms with Crippen molar-refractivity contribution in [3.05, 3.63) is 0 Å². The van der Waals surface area contributed by atoms with Crippen LogP contribution in [0, 0.1) is 0 Å². The molecule has 0 unspecified atom stereocenters. The normalized spacial score (nSPS) is 24.6. The molecule has 2 aliphatic rings. The maximum atomic E-state index is 12.1. The molecule has 1 aliphatic carbocycles. The third kappa shape index (κ3) is 4.85. The van der Waals surface area contributed by atoms with E-state index in [1.807, 2.05) is 20.8 Å². The zero-order valence-corrected chi connectivity index (χ0v) is 13.6. The highest BCUT2D eigenvalue weighted by atomic mass is 16.6. The Balaban J connectivity index is 2.01. The van der Waals surface area contributed by atoms with Crippen molar-refractivity contribution in [1.82, 2.24) is 10.6 Å². The minimum Gasteiger partial charge on any atom is -0.444 e. The molecule has 1 heterocycles. The van der Waals surface area contributed by atoms with E-state index in [1.54, 1.807) is 0 Å². The summed E-state index contributed by atoms with van der Waals surface area (Å²) in [5.74, 6) is 0. The Morgan fingerprint density at radius 2 is 1.76 bits per heavy atom. The second-order valence-corrected chi connectivity index (χ2v) is 7.77. The molecule has 0 spiro atoms. The summed E-state index contributed by atoms with van der Waals surface area (Å²) in [6, 6.07) is 0. The van der Waals surface area contributed by atoms with Gasteiger partial charge in [0.2, 0.25) is 0 Å². The highest BCUT2D eigenvalue weighted by Crippen LogP contribution is 2.39. The minimum atomic E-state index is -0.662. The summed E-state index contributed by atoms with van der Waals surface area (Å²) in [7, 11) is 0. The number of nitrogens with one attached hydrogen (secondary N) is 2. The van der Waals surface area contributed by atoms with Crippen molar-refractivity contribution in [3.63, 3.8) is 0 Å². The Bertz CT molecular complexity index is 364. The number of carbonyl (C=O) groups is 1. The molecule has 5 nitrogen and oxygen atoms in total. The van der Waals surface area contributed by atoms with E-state index >= 15 is 0 Å². The Kier molecular flexibility index (Phi) is 4.83. The number of alkyl carbamates (subject to hydrolysis) is 1. The van der Waals surface area contributed by atoms with Gasteiger partial charge in [0.05, 0.1) is 5.60 Å². The van der Waals surface area contributed by atoms with E-state index in [1.165, 1.54) is 0 Å². The topological polar surface area (TPSA) is 70.6 Å². The maximum Gasteiger partial charge on any atom is 0.408 e. The summed E-state index contributed by atoms with van der Waals surface area (Å²) < 4.78 is 5.40. The number of ether oxygens (including phenoxy) is 1. The van der Waals surface area contributed by atoms with Crippen LogP contribution in [0.5, 0.6) is 0 Å². The highest BCUT2D eigenvalue weighted by molar-refractivity contribution is 5.68. The number of hydrogen-bond acceptors (Lipinski definition) is 4. The van der Waals surface area contributed by atoms with E-state index in [0.29, 0.717) is 6.42 Å². The second kappa shape index (κ2) is 6.13. The van der Waals surface area contributed by atoms with E-state index in [-0.39, 0.29) is 11.6 Å². The SMILES string of the molecule is CC(C)(C)OC(=O)NC1(CC2(O)CCNCC2)CCCC1. The lowest BCUT2D eigenvalue weighted by Crippen LogP contribution is -2.55. The molecule has 0 radical (unpaired) electrons. The Labute approximate surface area is 127 Å². The van der Waals surface area contributed by atoms with Crippen molar-refractivity contribution in [2.24, 2.45) is 0 Å². The number of amides is 1. The molecule has 1 saturated carbocycles. The van der Waals surface area contributed by atoms with Gasteiger partial charge in [0.25, 0.3) is 0 Å². The lowest BCUT2D eigenvalue weighted by Gasteiger charge is -2.41. The summed E-state index contributed by atoms with van der Waals surface area (Å²) in [6.07, 6.45) is 5.86. The molecule has 2 fully saturated rings. The molecule has 122 valence electrons. The molecule has 1 amide bonds. The van der Waals surface area contributed by atoms with Crippen LogP contribution in [0.25, 0.3) is 0 Å². The molecule has 0 aromatic rings. The van der Waals surface area contributed by atoms with E-state index < -0.39 is 11.2 Å². The number of hydrogen-bond donors (Lipinski definition) is 3. The molecule has 0 atom stereocenters. The molecule has 1 saturated heterocycles. The van der Waals surface area contributed by atoms with Crippen LogP contribution in [-0.4, -0.2) is 41.0 Å². The largest absolute Gasteiger partial charge is 0.444 e. The van der Waals surface area contributed by atoms with Crippen molar-refractivity contribution < 1.29 is 14.6 Å². The molecule has 3 N–H and O–H groups in total. The molecule has 2 rings (SSSR count). The van der Waals surface area contributed by atoms with Crippen LogP contribution in [0.4, 0.5) is 4.79 Å². The van der Waals surface area contributed by atoms with Crippen LogP contribution in [0.1, 0.15) is 65.7 Å². The van der Waals surface area contributed by atoms with Gasteiger partial charge in [0.15, 0.2) is 0 Å². The first-order valence-electron chi connectivity index (χ1n) is 8.16. The third-order valence-electron chi connectivity index (χ3n) is 4.53. The fraction of sp³-hybridized carbons (Fsp3) is 0.938. The van der Waals surface area contributed by atoms with Gasteiger partial charge < -0.3 is 20.5 Å². The predicted octanol–water partition coefficient (Wildman–Crippen LogP) is 2.33. The lowest BCUT2D eigenvalue weighted by molar-refractivity contribution is -0.0243. The maximum absolute atomic E-state index is 12.1. The van der Waals surface area contributed by atoms with E-state index in [4.69, 9.17) is 4.74 Å². The van der Waals surface area contributed by atoms with E-state index in [2.05, 4.69) is 10.6 Å². The van der Waals surface area contributed by atoms with Gasteiger partial charge in [0, 0.05) is 5.54 Å². The summed E-state index contributed by atoms with van der Waals surface area (Å²) in [5.41, 5.74) is -1.45. The smallest absolute Gasteiger partial charge is 0.408 e. The summed E-state index contributed by atoms with van der Waals surface area (Å²) >= 11 is 0. The quantitative estimate of drug-likeness (QED) is 0.748. The third-order valence-corrected chi connectivity index (χ3v) is 4.53. The van der Waals surface area contributed by atoms with Crippen molar-refractivity contribution in [1.29, 1.82) is 0 Å². The number of piperidine rings is 1. The van der Waals surface area contributed by atoms with Gasteiger partial charge >= 0.3 is 6.09 Å². The van der Waals surface area contributed by atoms with Gasteiger partial charge in [-0.1, -0.05) is 12.8 Å². The number of aliphatic hydroxyl groups is 1. The van der Waals surface area contributed by atoms with Crippen molar-refractivity contribution in [3.8, 4) is 0 Å². The van der Waals surface area contributed by atoms with Gasteiger partial charge in [-0.05, 0) is 66.0 Å². The molecule has 0 aromatic carbocycles. The summed E-state index contributed by atoms with van der Waals surface area (Å²) in [6.45, 7) is 7.30. The average molecular weight is 298 g/mol. The van der Waals surface area contributed by atoms with Gasteiger partial charge in [-0.15, -0.1) is 0 Å². The predicted molar refractivity (Wildman–Crippen MR) is 82.2 cm³/mol. The minimum absolute atomic E-state index is 0.297. The van der Waals surface area contributed by atoms with Crippen LogP contribution in [-0.2, 0) is 4.74 Å².